The highest BCUT2D eigenvalue weighted by Crippen LogP contribution is 2.32. The van der Waals surface area contributed by atoms with Gasteiger partial charge in [-0.3, -0.25) is 24.2 Å². The van der Waals surface area contributed by atoms with Crippen LogP contribution in [0.25, 0.3) is 0 Å². The van der Waals surface area contributed by atoms with Gasteiger partial charge in [0.1, 0.15) is 12.1 Å². The van der Waals surface area contributed by atoms with Gasteiger partial charge in [0.15, 0.2) is 5.78 Å². The van der Waals surface area contributed by atoms with E-state index in [1.807, 2.05) is 26.0 Å². The molecule has 2 saturated heterocycles. The maximum atomic E-state index is 13.7. The summed E-state index contributed by atoms with van der Waals surface area (Å²) in [6, 6.07) is 8.97. The van der Waals surface area contributed by atoms with E-state index in [0.29, 0.717) is 30.5 Å². The van der Waals surface area contributed by atoms with E-state index < -0.39 is 12.1 Å². The number of nitrogens with one attached hydrogen (secondary N) is 1. The van der Waals surface area contributed by atoms with Gasteiger partial charge in [0.2, 0.25) is 5.91 Å². The lowest BCUT2D eigenvalue weighted by atomic mass is 9.86. The molecule has 2 aromatic rings. The van der Waals surface area contributed by atoms with Crippen LogP contribution >= 0.6 is 0 Å². The first-order chi connectivity index (χ1) is 17.5. The minimum Gasteiger partial charge on any atom is -0.340 e. The van der Waals surface area contributed by atoms with Crippen molar-refractivity contribution in [2.75, 3.05) is 13.1 Å². The number of carbonyl (C=O) groups is 4. The van der Waals surface area contributed by atoms with Crippen molar-refractivity contribution < 1.29 is 19.2 Å². The van der Waals surface area contributed by atoms with E-state index in [1.54, 1.807) is 40.3 Å². The molecule has 37 heavy (non-hydrogen) atoms. The second-order valence-corrected chi connectivity index (χ2v) is 11.5. The van der Waals surface area contributed by atoms with Gasteiger partial charge in [0, 0.05) is 24.5 Å². The zero-order valence-electron chi connectivity index (χ0n) is 22.2. The van der Waals surface area contributed by atoms with Gasteiger partial charge in [-0.2, -0.15) is 0 Å². The smallest absolute Gasteiger partial charge is 0.256 e. The average molecular weight is 505 g/mol. The Morgan fingerprint density at radius 2 is 1.76 bits per heavy atom. The molecule has 0 radical (unpaired) electrons. The molecule has 0 spiro atoms. The van der Waals surface area contributed by atoms with Crippen molar-refractivity contribution in [1.29, 1.82) is 0 Å². The summed E-state index contributed by atoms with van der Waals surface area (Å²) in [5.74, 6) is -0.848. The molecule has 0 bridgehead atoms. The molecule has 3 amide bonds. The van der Waals surface area contributed by atoms with Gasteiger partial charge in [-0.25, -0.2) is 0 Å². The highest BCUT2D eigenvalue weighted by Gasteiger charge is 2.52. The minimum atomic E-state index is -0.760. The molecule has 0 saturated carbocycles. The monoisotopic (exact) mass is 504 g/mol. The van der Waals surface area contributed by atoms with Crippen LogP contribution in [-0.2, 0) is 15.0 Å². The predicted molar refractivity (Wildman–Crippen MR) is 140 cm³/mol. The molecule has 2 aliphatic rings. The maximum absolute atomic E-state index is 13.7. The van der Waals surface area contributed by atoms with E-state index in [0.717, 1.165) is 5.56 Å². The summed E-state index contributed by atoms with van der Waals surface area (Å²) >= 11 is 0. The van der Waals surface area contributed by atoms with Crippen LogP contribution < -0.4 is 5.32 Å². The molecule has 1 aromatic carbocycles. The van der Waals surface area contributed by atoms with E-state index in [-0.39, 0.29) is 47.4 Å². The number of amides is 3. The third-order valence-electron chi connectivity index (χ3n) is 7.20. The van der Waals surface area contributed by atoms with Gasteiger partial charge in [-0.1, -0.05) is 46.8 Å². The van der Waals surface area contributed by atoms with Crippen molar-refractivity contribution in [2.45, 2.75) is 71.0 Å². The average Bonchev–Trinajstić information content (AvgIpc) is 3.44. The Morgan fingerprint density at radius 3 is 2.35 bits per heavy atom. The quantitative estimate of drug-likeness (QED) is 0.651. The van der Waals surface area contributed by atoms with E-state index in [4.69, 9.17) is 0 Å². The molecule has 8 nitrogen and oxygen atoms in total. The molecular weight excluding hydrogens is 468 g/mol. The summed E-state index contributed by atoms with van der Waals surface area (Å²) in [5, 5.41) is 2.92. The van der Waals surface area contributed by atoms with Crippen LogP contribution in [0.4, 0.5) is 0 Å². The number of aromatic nitrogens is 1. The third kappa shape index (κ3) is 5.58. The van der Waals surface area contributed by atoms with Crippen molar-refractivity contribution in [1.82, 2.24) is 20.1 Å². The van der Waals surface area contributed by atoms with E-state index in [2.05, 4.69) is 31.1 Å². The Kier molecular flexibility index (Phi) is 7.48. The molecule has 196 valence electrons. The first kappa shape index (κ1) is 26.5. The SMILES string of the molecule is CC(C)C[C@H](NC(=O)c1ccc(C(C)(C)C)cc1)C(=O)N1CCC2[C@H]1C(=O)CN2C(=O)c1cccnc1. The summed E-state index contributed by atoms with van der Waals surface area (Å²) in [5.41, 5.74) is 1.99. The summed E-state index contributed by atoms with van der Waals surface area (Å²) in [6.45, 7) is 10.6. The fraction of sp³-hybridized carbons (Fsp3) is 0.483. The Morgan fingerprint density at radius 1 is 1.05 bits per heavy atom. The molecule has 1 aromatic heterocycles. The largest absolute Gasteiger partial charge is 0.340 e. The van der Waals surface area contributed by atoms with Crippen LogP contribution in [0.5, 0.6) is 0 Å². The molecule has 4 rings (SSSR count). The number of carbonyl (C=O) groups excluding carboxylic acids is 4. The van der Waals surface area contributed by atoms with Gasteiger partial charge in [0.05, 0.1) is 18.2 Å². The number of nitrogens with zero attached hydrogens (tertiary/aromatic N) is 3. The standard InChI is InChI=1S/C29H36N4O4/c1-18(2)15-22(31-26(35)19-8-10-21(11-9-19)29(3,4)5)28(37)32-14-12-23-25(32)24(34)17-33(23)27(36)20-7-6-13-30-16-20/h6-11,13,16,18,22-23,25H,12,14-15,17H2,1-5H3,(H,31,35)/t22-,23?,25-/m0/s1. The number of hydrogen-bond donors (Lipinski definition) is 1. The number of benzene rings is 1. The van der Waals surface area contributed by atoms with Gasteiger partial charge in [-0.15, -0.1) is 0 Å². The van der Waals surface area contributed by atoms with Crippen molar-refractivity contribution in [3.63, 3.8) is 0 Å². The van der Waals surface area contributed by atoms with Crippen LogP contribution in [0.15, 0.2) is 48.8 Å². The van der Waals surface area contributed by atoms with E-state index in [9.17, 15) is 19.2 Å². The number of ketones is 1. The fourth-order valence-corrected chi connectivity index (χ4v) is 5.25. The molecule has 3 heterocycles. The number of Topliss-reactive ketones (excluding diaryl/α,β-unsaturated/α-hetero) is 1. The van der Waals surface area contributed by atoms with Gasteiger partial charge < -0.3 is 15.1 Å². The van der Waals surface area contributed by atoms with Gasteiger partial charge in [-0.05, 0) is 54.0 Å². The van der Waals surface area contributed by atoms with Crippen molar-refractivity contribution >= 4 is 23.5 Å². The van der Waals surface area contributed by atoms with Crippen LogP contribution in [-0.4, -0.2) is 69.5 Å². The predicted octanol–water partition coefficient (Wildman–Crippen LogP) is 3.22. The normalized spacial score (nSPS) is 20.2. The van der Waals surface area contributed by atoms with Crippen LogP contribution in [0.2, 0.25) is 0 Å². The fourth-order valence-electron chi connectivity index (χ4n) is 5.25. The lowest BCUT2D eigenvalue weighted by Gasteiger charge is -2.29. The van der Waals surface area contributed by atoms with Crippen LogP contribution in [0.3, 0.4) is 0 Å². The van der Waals surface area contributed by atoms with Crippen LogP contribution in [0.1, 0.15) is 73.7 Å². The van der Waals surface area contributed by atoms with Crippen LogP contribution in [0, 0.1) is 5.92 Å². The summed E-state index contributed by atoms with van der Waals surface area (Å²) < 4.78 is 0. The molecule has 8 heteroatoms. The third-order valence-corrected chi connectivity index (χ3v) is 7.20. The maximum Gasteiger partial charge on any atom is 0.256 e. The summed E-state index contributed by atoms with van der Waals surface area (Å²) in [7, 11) is 0. The van der Waals surface area contributed by atoms with Gasteiger partial charge >= 0.3 is 0 Å². The number of hydrogen-bond acceptors (Lipinski definition) is 5. The summed E-state index contributed by atoms with van der Waals surface area (Å²) in [6.07, 6.45) is 4.04. The molecule has 2 aliphatic heterocycles. The van der Waals surface area contributed by atoms with Crippen molar-refractivity contribution in [2.24, 2.45) is 5.92 Å². The lowest BCUT2D eigenvalue weighted by Crippen LogP contribution is -2.53. The zero-order chi connectivity index (χ0) is 26.9. The topological polar surface area (TPSA) is 99.7 Å². The zero-order valence-corrected chi connectivity index (χ0v) is 22.2. The molecule has 1 unspecified atom stereocenters. The number of rotatable bonds is 6. The van der Waals surface area contributed by atoms with Crippen molar-refractivity contribution in [3.8, 4) is 0 Å². The second-order valence-electron chi connectivity index (χ2n) is 11.5. The molecule has 3 atom stereocenters. The Hall–Kier alpha value is -3.55. The number of fused-ring (bicyclic) bond motifs is 1. The van der Waals surface area contributed by atoms with E-state index in [1.165, 1.54) is 6.20 Å². The molecule has 1 N–H and O–H groups in total. The molecule has 0 aliphatic carbocycles. The van der Waals surface area contributed by atoms with Gasteiger partial charge in [0.25, 0.3) is 11.8 Å². The summed E-state index contributed by atoms with van der Waals surface area (Å²) in [4.78, 5) is 60.0. The number of pyridine rings is 1. The second kappa shape index (κ2) is 10.4. The van der Waals surface area contributed by atoms with E-state index >= 15 is 0 Å². The highest BCUT2D eigenvalue weighted by molar-refractivity contribution is 6.03. The van der Waals surface area contributed by atoms with Crippen molar-refractivity contribution in [3.05, 3.63) is 65.5 Å². The Balaban J connectivity index is 1.50. The highest BCUT2D eigenvalue weighted by atomic mass is 16.2. The first-order valence-electron chi connectivity index (χ1n) is 12.9. The first-order valence-corrected chi connectivity index (χ1v) is 12.9. The lowest BCUT2D eigenvalue weighted by molar-refractivity contribution is -0.138. The Labute approximate surface area is 218 Å². The molecule has 2 fully saturated rings. The minimum absolute atomic E-state index is 0.0302. The number of likely N-dealkylation sites (tertiary alicyclic amines) is 2. The molecular formula is C29H36N4O4. The Bertz CT molecular complexity index is 1170.